The summed E-state index contributed by atoms with van der Waals surface area (Å²) < 4.78 is 5.52. The maximum atomic E-state index is 11.1. The molecule has 0 aliphatic carbocycles. The van der Waals surface area contributed by atoms with Crippen LogP contribution < -0.4 is 0 Å². The lowest BCUT2D eigenvalue weighted by molar-refractivity contribution is 0.0599. The van der Waals surface area contributed by atoms with Crippen molar-refractivity contribution in [3.63, 3.8) is 0 Å². The third-order valence-electron chi connectivity index (χ3n) is 1.46. The van der Waals surface area contributed by atoms with Crippen LogP contribution in [-0.4, -0.2) is 18.1 Å². The fourth-order valence-electron chi connectivity index (χ4n) is 0.824. The Kier molecular flexibility index (Phi) is 3.02. The molecule has 0 unspecified atom stereocenters. The SMILES string of the molecule is COC(=O)c1cc(I)cnc1C. The molecule has 12 heavy (non-hydrogen) atoms. The number of esters is 1. The van der Waals surface area contributed by atoms with E-state index in [1.165, 1.54) is 7.11 Å². The molecule has 1 rings (SSSR count). The fraction of sp³-hybridized carbons (Fsp3) is 0.250. The van der Waals surface area contributed by atoms with Gasteiger partial charge in [-0.05, 0) is 35.6 Å². The second-order valence-electron chi connectivity index (χ2n) is 2.28. The lowest BCUT2D eigenvalue weighted by Gasteiger charge is -2.02. The molecule has 1 heterocycles. The minimum Gasteiger partial charge on any atom is -0.465 e. The third-order valence-corrected chi connectivity index (χ3v) is 2.05. The predicted octanol–water partition coefficient (Wildman–Crippen LogP) is 1.78. The Morgan fingerprint density at radius 1 is 1.67 bits per heavy atom. The highest BCUT2D eigenvalue weighted by molar-refractivity contribution is 14.1. The van der Waals surface area contributed by atoms with Crippen molar-refractivity contribution in [2.45, 2.75) is 6.92 Å². The number of rotatable bonds is 1. The number of hydrogen-bond donors (Lipinski definition) is 0. The van der Waals surface area contributed by atoms with Gasteiger partial charge in [-0.2, -0.15) is 0 Å². The Labute approximate surface area is 84.3 Å². The van der Waals surface area contributed by atoms with E-state index in [1.54, 1.807) is 19.2 Å². The molecule has 64 valence electrons. The minimum absolute atomic E-state index is 0.335. The maximum absolute atomic E-state index is 11.1. The van der Waals surface area contributed by atoms with Crippen LogP contribution in [0.5, 0.6) is 0 Å². The maximum Gasteiger partial charge on any atom is 0.339 e. The lowest BCUT2D eigenvalue weighted by Crippen LogP contribution is -2.05. The van der Waals surface area contributed by atoms with Gasteiger partial charge in [-0.1, -0.05) is 0 Å². The van der Waals surface area contributed by atoms with Gasteiger partial charge in [-0.25, -0.2) is 4.79 Å². The summed E-state index contributed by atoms with van der Waals surface area (Å²) in [6.45, 7) is 1.78. The van der Waals surface area contributed by atoms with Gasteiger partial charge in [-0.3, -0.25) is 4.98 Å². The Bertz CT molecular complexity index is 312. The number of carbonyl (C=O) groups is 1. The molecular formula is C8H8INO2. The van der Waals surface area contributed by atoms with Crippen LogP contribution >= 0.6 is 22.6 Å². The van der Waals surface area contributed by atoms with Crippen LogP contribution in [0.4, 0.5) is 0 Å². The van der Waals surface area contributed by atoms with Gasteiger partial charge in [0.25, 0.3) is 0 Å². The predicted molar refractivity (Wildman–Crippen MR) is 53.0 cm³/mol. The van der Waals surface area contributed by atoms with E-state index >= 15 is 0 Å². The zero-order valence-corrected chi connectivity index (χ0v) is 8.95. The van der Waals surface area contributed by atoms with Crippen molar-refractivity contribution < 1.29 is 9.53 Å². The molecule has 0 atom stereocenters. The first-order chi connectivity index (χ1) is 5.65. The van der Waals surface area contributed by atoms with Crippen LogP contribution in [0.15, 0.2) is 12.3 Å². The molecule has 0 aliphatic heterocycles. The van der Waals surface area contributed by atoms with Crippen LogP contribution in [0.1, 0.15) is 16.1 Å². The first-order valence-electron chi connectivity index (χ1n) is 3.35. The number of pyridine rings is 1. The Morgan fingerprint density at radius 2 is 2.33 bits per heavy atom. The highest BCUT2D eigenvalue weighted by Crippen LogP contribution is 2.10. The van der Waals surface area contributed by atoms with E-state index in [1.807, 2.05) is 0 Å². The van der Waals surface area contributed by atoms with Gasteiger partial charge in [0.1, 0.15) is 0 Å². The summed E-state index contributed by atoms with van der Waals surface area (Å²) in [5.41, 5.74) is 1.23. The van der Waals surface area contributed by atoms with Crippen LogP contribution in [0.2, 0.25) is 0 Å². The molecule has 0 bridgehead atoms. The van der Waals surface area contributed by atoms with Crippen LogP contribution in [0.3, 0.4) is 0 Å². The van der Waals surface area contributed by atoms with E-state index in [0.717, 1.165) is 3.57 Å². The van der Waals surface area contributed by atoms with Crippen molar-refractivity contribution in [2.24, 2.45) is 0 Å². The molecule has 0 saturated heterocycles. The van der Waals surface area contributed by atoms with Crippen molar-refractivity contribution in [2.75, 3.05) is 7.11 Å². The molecule has 1 aromatic rings. The number of carbonyl (C=O) groups excluding carboxylic acids is 1. The normalized spacial score (nSPS) is 9.58. The topological polar surface area (TPSA) is 39.2 Å². The monoisotopic (exact) mass is 277 g/mol. The summed E-state index contributed by atoms with van der Waals surface area (Å²) in [5.74, 6) is -0.335. The van der Waals surface area contributed by atoms with E-state index in [-0.39, 0.29) is 5.97 Å². The Hall–Kier alpha value is -0.650. The first-order valence-corrected chi connectivity index (χ1v) is 4.43. The summed E-state index contributed by atoms with van der Waals surface area (Å²) in [6.07, 6.45) is 1.71. The molecule has 0 fully saturated rings. The van der Waals surface area contributed by atoms with Crippen LogP contribution in [0.25, 0.3) is 0 Å². The van der Waals surface area contributed by atoms with E-state index in [2.05, 4.69) is 32.3 Å². The molecular weight excluding hydrogens is 269 g/mol. The van der Waals surface area contributed by atoms with E-state index in [0.29, 0.717) is 11.3 Å². The molecule has 4 heteroatoms. The van der Waals surface area contributed by atoms with Gasteiger partial charge in [-0.15, -0.1) is 0 Å². The molecule has 0 radical (unpaired) electrons. The Balaban J connectivity index is 3.13. The third kappa shape index (κ3) is 1.94. The molecule has 3 nitrogen and oxygen atoms in total. The molecule has 0 aromatic carbocycles. The number of aromatic nitrogens is 1. The lowest BCUT2D eigenvalue weighted by atomic mass is 10.2. The van der Waals surface area contributed by atoms with Gasteiger partial charge in [0.2, 0.25) is 0 Å². The van der Waals surface area contributed by atoms with Crippen molar-refractivity contribution in [3.8, 4) is 0 Å². The van der Waals surface area contributed by atoms with Crippen LogP contribution in [-0.2, 0) is 4.74 Å². The molecule has 0 saturated carbocycles. The average Bonchev–Trinajstić information content (AvgIpc) is 2.08. The van der Waals surface area contributed by atoms with Gasteiger partial charge < -0.3 is 4.74 Å². The highest BCUT2D eigenvalue weighted by Gasteiger charge is 2.09. The van der Waals surface area contributed by atoms with E-state index in [9.17, 15) is 4.79 Å². The molecule has 0 amide bonds. The zero-order valence-electron chi connectivity index (χ0n) is 6.80. The highest BCUT2D eigenvalue weighted by atomic mass is 127. The summed E-state index contributed by atoms with van der Waals surface area (Å²) in [4.78, 5) is 15.2. The van der Waals surface area contributed by atoms with Gasteiger partial charge in [0, 0.05) is 9.77 Å². The Morgan fingerprint density at radius 3 is 2.92 bits per heavy atom. The minimum atomic E-state index is -0.335. The average molecular weight is 277 g/mol. The summed E-state index contributed by atoms with van der Waals surface area (Å²) in [6, 6.07) is 1.76. The van der Waals surface area contributed by atoms with E-state index < -0.39 is 0 Å². The van der Waals surface area contributed by atoms with E-state index in [4.69, 9.17) is 0 Å². The van der Waals surface area contributed by atoms with Crippen LogP contribution in [0, 0.1) is 10.5 Å². The summed E-state index contributed by atoms with van der Waals surface area (Å²) >= 11 is 2.10. The van der Waals surface area contributed by atoms with Gasteiger partial charge in [0.05, 0.1) is 18.4 Å². The number of aryl methyl sites for hydroxylation is 1. The molecule has 0 aliphatic rings. The fourth-order valence-corrected chi connectivity index (χ4v) is 1.27. The number of methoxy groups -OCH3 is 1. The number of hydrogen-bond acceptors (Lipinski definition) is 3. The largest absolute Gasteiger partial charge is 0.465 e. The summed E-state index contributed by atoms with van der Waals surface area (Å²) in [7, 11) is 1.36. The smallest absolute Gasteiger partial charge is 0.339 e. The number of nitrogens with zero attached hydrogens (tertiary/aromatic N) is 1. The van der Waals surface area contributed by atoms with Crippen molar-refractivity contribution >= 4 is 28.6 Å². The number of ether oxygens (including phenoxy) is 1. The van der Waals surface area contributed by atoms with Crippen molar-refractivity contribution in [3.05, 3.63) is 27.1 Å². The van der Waals surface area contributed by atoms with Crippen molar-refractivity contribution in [1.29, 1.82) is 0 Å². The second-order valence-corrected chi connectivity index (χ2v) is 3.52. The number of halogens is 1. The molecule has 0 N–H and O–H groups in total. The summed E-state index contributed by atoms with van der Waals surface area (Å²) in [5, 5.41) is 0. The second kappa shape index (κ2) is 3.84. The van der Waals surface area contributed by atoms with Gasteiger partial charge >= 0.3 is 5.97 Å². The quantitative estimate of drug-likeness (QED) is 0.580. The van der Waals surface area contributed by atoms with Crippen molar-refractivity contribution in [1.82, 2.24) is 4.98 Å². The standard InChI is InChI=1S/C8H8INO2/c1-5-7(8(11)12-2)3-6(9)4-10-5/h3-4H,1-2H3. The van der Waals surface area contributed by atoms with Gasteiger partial charge in [0.15, 0.2) is 0 Å². The first kappa shape index (κ1) is 9.44. The zero-order chi connectivity index (χ0) is 9.14. The molecule has 0 spiro atoms. The molecule has 1 aromatic heterocycles.